The van der Waals surface area contributed by atoms with Crippen molar-refractivity contribution < 1.29 is 14.4 Å². The first-order valence-electron chi connectivity index (χ1n) is 4.77. The molecule has 0 saturated carbocycles. The Morgan fingerprint density at radius 1 is 1.00 bits per heavy atom. The molecule has 0 atom stereocenters. The zero-order valence-electron chi connectivity index (χ0n) is 8.56. The van der Waals surface area contributed by atoms with Crippen LogP contribution < -0.4 is 10.6 Å². The van der Waals surface area contributed by atoms with Crippen LogP contribution in [0.3, 0.4) is 0 Å². The molecular formula is C11H7N3O3. The molecule has 2 N–H and O–H groups in total. The third kappa shape index (κ3) is 1.99. The van der Waals surface area contributed by atoms with Gasteiger partial charge in [0.15, 0.2) is 0 Å². The summed E-state index contributed by atoms with van der Waals surface area (Å²) in [6.45, 7) is 0. The van der Waals surface area contributed by atoms with Crippen LogP contribution in [-0.2, 0) is 9.59 Å². The molecular weight excluding hydrogens is 222 g/mol. The van der Waals surface area contributed by atoms with Crippen LogP contribution in [0.5, 0.6) is 0 Å². The Bertz CT molecular complexity index is 522. The lowest BCUT2D eigenvalue weighted by molar-refractivity contribution is -0.132. The number of rotatable bonds is 1. The van der Waals surface area contributed by atoms with E-state index in [2.05, 4.69) is 0 Å². The van der Waals surface area contributed by atoms with Crippen LogP contribution in [0.1, 0.15) is 17.0 Å². The molecule has 0 aromatic heterocycles. The monoisotopic (exact) mass is 229 g/mol. The molecule has 1 aliphatic rings. The van der Waals surface area contributed by atoms with E-state index in [9.17, 15) is 14.4 Å². The normalized spacial score (nSPS) is 16.1. The van der Waals surface area contributed by atoms with Crippen molar-refractivity contribution in [2.24, 2.45) is 0 Å². The molecule has 2 rings (SSSR count). The van der Waals surface area contributed by atoms with Crippen molar-refractivity contribution in [3.8, 4) is 6.07 Å². The quantitative estimate of drug-likeness (QED) is 0.662. The first kappa shape index (κ1) is 10.8. The molecule has 0 aliphatic carbocycles. The van der Waals surface area contributed by atoms with Crippen molar-refractivity contribution in [2.75, 3.05) is 0 Å². The number of nitrogens with zero attached hydrogens (tertiary/aromatic N) is 1. The maximum absolute atomic E-state index is 11.5. The number of hydrogen-bond donors (Lipinski definition) is 2. The fourth-order valence-electron chi connectivity index (χ4n) is 1.57. The fraction of sp³-hybridized carbons (Fsp3) is 0.0909. The van der Waals surface area contributed by atoms with Crippen LogP contribution in [-0.4, -0.2) is 17.8 Å². The van der Waals surface area contributed by atoms with Crippen LogP contribution in [0.2, 0.25) is 0 Å². The summed E-state index contributed by atoms with van der Waals surface area (Å²) < 4.78 is 0. The highest BCUT2D eigenvalue weighted by Crippen LogP contribution is 2.18. The van der Waals surface area contributed by atoms with E-state index in [0.717, 1.165) is 0 Å². The van der Waals surface area contributed by atoms with Gasteiger partial charge in [0.1, 0.15) is 5.92 Å². The van der Waals surface area contributed by atoms with Gasteiger partial charge in [-0.2, -0.15) is 5.26 Å². The van der Waals surface area contributed by atoms with Crippen molar-refractivity contribution in [3.63, 3.8) is 0 Å². The van der Waals surface area contributed by atoms with Crippen LogP contribution in [0.4, 0.5) is 4.79 Å². The highest BCUT2D eigenvalue weighted by Gasteiger charge is 2.35. The lowest BCUT2D eigenvalue weighted by Crippen LogP contribution is -2.54. The largest absolute Gasteiger partial charge is 0.328 e. The van der Waals surface area contributed by atoms with E-state index in [-0.39, 0.29) is 0 Å². The van der Waals surface area contributed by atoms with Gasteiger partial charge in [-0.05, 0) is 17.7 Å². The molecule has 1 saturated heterocycles. The lowest BCUT2D eigenvalue weighted by Gasteiger charge is -2.20. The molecule has 6 nitrogen and oxygen atoms in total. The first-order valence-corrected chi connectivity index (χ1v) is 4.77. The number of nitriles is 1. The van der Waals surface area contributed by atoms with Gasteiger partial charge in [-0.15, -0.1) is 0 Å². The van der Waals surface area contributed by atoms with Gasteiger partial charge in [-0.1, -0.05) is 12.1 Å². The van der Waals surface area contributed by atoms with E-state index in [4.69, 9.17) is 5.26 Å². The molecule has 0 radical (unpaired) electrons. The number of hydrogen-bond acceptors (Lipinski definition) is 4. The molecule has 17 heavy (non-hydrogen) atoms. The maximum Gasteiger partial charge on any atom is 0.328 e. The second-order valence-corrected chi connectivity index (χ2v) is 3.47. The van der Waals surface area contributed by atoms with Gasteiger partial charge in [0.25, 0.3) is 0 Å². The summed E-state index contributed by atoms with van der Waals surface area (Å²) in [7, 11) is 0. The van der Waals surface area contributed by atoms with Gasteiger partial charge in [0.05, 0.1) is 11.6 Å². The molecule has 84 valence electrons. The summed E-state index contributed by atoms with van der Waals surface area (Å²) in [5.41, 5.74) is 0.868. The number of urea groups is 1. The molecule has 6 heteroatoms. The Morgan fingerprint density at radius 3 is 2.00 bits per heavy atom. The summed E-state index contributed by atoms with van der Waals surface area (Å²) in [5.74, 6) is -2.38. The number of imide groups is 2. The Morgan fingerprint density at radius 2 is 1.53 bits per heavy atom. The third-order valence-electron chi connectivity index (χ3n) is 2.37. The Kier molecular flexibility index (Phi) is 2.58. The molecule has 4 amide bonds. The minimum absolute atomic E-state index is 0.432. The second kappa shape index (κ2) is 4.06. The summed E-state index contributed by atoms with van der Waals surface area (Å²) in [6.07, 6.45) is 0. The Hall–Kier alpha value is -2.68. The number of barbiturate groups is 1. The van der Waals surface area contributed by atoms with Gasteiger partial charge in [0, 0.05) is 0 Å². The Balaban J connectivity index is 2.32. The summed E-state index contributed by atoms with van der Waals surface area (Å²) >= 11 is 0. The van der Waals surface area contributed by atoms with E-state index in [0.29, 0.717) is 11.1 Å². The van der Waals surface area contributed by atoms with E-state index in [1.54, 1.807) is 0 Å². The van der Waals surface area contributed by atoms with Crippen LogP contribution in [0.15, 0.2) is 24.3 Å². The van der Waals surface area contributed by atoms with Crippen molar-refractivity contribution in [1.29, 1.82) is 5.26 Å². The zero-order valence-corrected chi connectivity index (χ0v) is 8.56. The van der Waals surface area contributed by atoms with Crippen molar-refractivity contribution in [3.05, 3.63) is 35.4 Å². The molecule has 1 aromatic rings. The van der Waals surface area contributed by atoms with Crippen molar-refractivity contribution >= 4 is 17.8 Å². The van der Waals surface area contributed by atoms with Crippen LogP contribution in [0, 0.1) is 11.3 Å². The van der Waals surface area contributed by atoms with Gasteiger partial charge >= 0.3 is 6.03 Å². The molecule has 1 aliphatic heterocycles. The van der Waals surface area contributed by atoms with Crippen molar-refractivity contribution in [2.45, 2.75) is 5.92 Å². The minimum atomic E-state index is -1.06. The number of carbonyl (C=O) groups excluding carboxylic acids is 3. The number of nitrogens with one attached hydrogen (secondary N) is 2. The highest BCUT2D eigenvalue weighted by atomic mass is 16.2. The molecule has 1 fully saturated rings. The second-order valence-electron chi connectivity index (χ2n) is 3.47. The number of benzene rings is 1. The standard InChI is InChI=1S/C11H7N3O3/c12-5-6-1-3-7(4-2-6)8-9(15)13-11(17)14-10(8)16/h1-4,8H,(H2,13,14,15,16,17). The number of carbonyl (C=O) groups is 3. The molecule has 0 unspecified atom stereocenters. The van der Waals surface area contributed by atoms with Crippen LogP contribution in [0.25, 0.3) is 0 Å². The molecule has 1 aromatic carbocycles. The highest BCUT2D eigenvalue weighted by molar-refractivity contribution is 6.19. The third-order valence-corrected chi connectivity index (χ3v) is 2.37. The predicted octanol–water partition coefficient (Wildman–Crippen LogP) is 0.00788. The molecule has 0 spiro atoms. The van der Waals surface area contributed by atoms with E-state index >= 15 is 0 Å². The average molecular weight is 229 g/mol. The lowest BCUT2D eigenvalue weighted by atomic mass is 9.95. The van der Waals surface area contributed by atoms with E-state index < -0.39 is 23.8 Å². The van der Waals surface area contributed by atoms with E-state index in [1.807, 2.05) is 16.7 Å². The smallest absolute Gasteiger partial charge is 0.277 e. The average Bonchev–Trinajstić information content (AvgIpc) is 2.28. The summed E-state index contributed by atoms with van der Waals surface area (Å²) in [4.78, 5) is 33.9. The van der Waals surface area contributed by atoms with Crippen molar-refractivity contribution in [1.82, 2.24) is 10.6 Å². The Labute approximate surface area is 96.2 Å². The zero-order chi connectivity index (χ0) is 12.4. The van der Waals surface area contributed by atoms with Gasteiger partial charge < -0.3 is 0 Å². The summed E-state index contributed by atoms with van der Waals surface area (Å²) in [6, 6.07) is 7.15. The van der Waals surface area contributed by atoms with Gasteiger partial charge in [-0.25, -0.2) is 4.79 Å². The fourth-order valence-corrected chi connectivity index (χ4v) is 1.57. The topological polar surface area (TPSA) is 99.1 Å². The van der Waals surface area contributed by atoms with Gasteiger partial charge in [-0.3, -0.25) is 20.2 Å². The molecule has 1 heterocycles. The SMILES string of the molecule is N#Cc1ccc(C2C(=O)NC(=O)NC2=O)cc1. The van der Waals surface area contributed by atoms with Gasteiger partial charge in [0.2, 0.25) is 11.8 Å². The maximum atomic E-state index is 11.5. The minimum Gasteiger partial charge on any atom is -0.277 e. The molecule has 0 bridgehead atoms. The number of amides is 4. The predicted molar refractivity (Wildman–Crippen MR) is 55.6 cm³/mol. The first-order chi connectivity index (χ1) is 8.11. The summed E-state index contributed by atoms with van der Waals surface area (Å²) in [5, 5.41) is 12.6. The van der Waals surface area contributed by atoms with Crippen LogP contribution >= 0.6 is 0 Å². The van der Waals surface area contributed by atoms with E-state index in [1.165, 1.54) is 24.3 Å².